The van der Waals surface area contributed by atoms with Crippen LogP contribution in [-0.4, -0.2) is 35.9 Å². The summed E-state index contributed by atoms with van der Waals surface area (Å²) in [6.45, 7) is 5.46. The van der Waals surface area contributed by atoms with Gasteiger partial charge in [-0.3, -0.25) is 0 Å². The van der Waals surface area contributed by atoms with Gasteiger partial charge >= 0.3 is 0 Å². The van der Waals surface area contributed by atoms with Gasteiger partial charge in [-0.1, -0.05) is 13.8 Å². The van der Waals surface area contributed by atoms with Crippen molar-refractivity contribution in [2.45, 2.75) is 32.8 Å². The van der Waals surface area contributed by atoms with Crippen LogP contribution < -0.4 is 0 Å². The standard InChI is InChI=1S/C9H20O2S/c1-3-5-11-7-9(10)8-12-6-4-2/h9-10H,3-8H2,1-2H3. The Balaban J connectivity index is 3.04. The topological polar surface area (TPSA) is 29.5 Å². The molecule has 0 bridgehead atoms. The van der Waals surface area contributed by atoms with Gasteiger partial charge in [-0.05, 0) is 18.6 Å². The van der Waals surface area contributed by atoms with Gasteiger partial charge < -0.3 is 9.84 Å². The molecule has 0 fully saturated rings. The largest absolute Gasteiger partial charge is 0.390 e. The molecule has 0 spiro atoms. The quantitative estimate of drug-likeness (QED) is 0.596. The maximum absolute atomic E-state index is 9.36. The third-order valence-corrected chi connectivity index (χ3v) is 2.63. The van der Waals surface area contributed by atoms with Gasteiger partial charge in [0.2, 0.25) is 0 Å². The van der Waals surface area contributed by atoms with Crippen LogP contribution in [0.1, 0.15) is 26.7 Å². The van der Waals surface area contributed by atoms with Crippen LogP contribution >= 0.6 is 11.8 Å². The summed E-state index contributed by atoms with van der Waals surface area (Å²) >= 11 is 1.79. The van der Waals surface area contributed by atoms with Gasteiger partial charge in [0.05, 0.1) is 12.7 Å². The monoisotopic (exact) mass is 192 g/mol. The lowest BCUT2D eigenvalue weighted by Crippen LogP contribution is -2.18. The summed E-state index contributed by atoms with van der Waals surface area (Å²) in [5.41, 5.74) is 0. The van der Waals surface area contributed by atoms with Crippen LogP contribution in [0.2, 0.25) is 0 Å². The number of aliphatic hydroxyl groups is 1. The van der Waals surface area contributed by atoms with E-state index in [1.54, 1.807) is 11.8 Å². The van der Waals surface area contributed by atoms with Crippen LogP contribution in [0.4, 0.5) is 0 Å². The molecule has 0 aliphatic rings. The average Bonchev–Trinajstić information content (AvgIpc) is 2.06. The molecule has 0 saturated heterocycles. The molecule has 0 saturated carbocycles. The lowest BCUT2D eigenvalue weighted by molar-refractivity contribution is 0.0489. The molecule has 0 aliphatic carbocycles. The van der Waals surface area contributed by atoms with E-state index in [4.69, 9.17) is 4.74 Å². The van der Waals surface area contributed by atoms with Crippen molar-refractivity contribution in [1.29, 1.82) is 0 Å². The molecule has 74 valence electrons. The van der Waals surface area contributed by atoms with Crippen molar-refractivity contribution in [2.75, 3.05) is 24.7 Å². The van der Waals surface area contributed by atoms with Gasteiger partial charge in [-0.15, -0.1) is 0 Å². The number of hydrogen-bond acceptors (Lipinski definition) is 3. The SMILES string of the molecule is CCCOCC(O)CSCCC. The molecule has 12 heavy (non-hydrogen) atoms. The minimum Gasteiger partial charge on any atom is -0.390 e. The Morgan fingerprint density at radius 1 is 1.33 bits per heavy atom. The molecule has 0 heterocycles. The third-order valence-electron chi connectivity index (χ3n) is 1.32. The fourth-order valence-corrected chi connectivity index (χ4v) is 1.60. The van der Waals surface area contributed by atoms with E-state index in [2.05, 4.69) is 13.8 Å². The number of aliphatic hydroxyl groups excluding tert-OH is 1. The maximum Gasteiger partial charge on any atom is 0.0863 e. The van der Waals surface area contributed by atoms with Crippen molar-refractivity contribution in [1.82, 2.24) is 0 Å². The zero-order chi connectivity index (χ0) is 9.23. The molecule has 0 aromatic heterocycles. The summed E-state index contributed by atoms with van der Waals surface area (Å²) in [7, 11) is 0. The highest BCUT2D eigenvalue weighted by molar-refractivity contribution is 7.99. The molecule has 1 unspecified atom stereocenters. The molecule has 1 N–H and O–H groups in total. The lowest BCUT2D eigenvalue weighted by atomic mass is 10.4. The van der Waals surface area contributed by atoms with Crippen LogP contribution in [0.25, 0.3) is 0 Å². The second-order valence-electron chi connectivity index (χ2n) is 2.80. The fraction of sp³-hybridized carbons (Fsp3) is 1.00. The Morgan fingerprint density at radius 3 is 2.67 bits per heavy atom. The molecule has 3 heteroatoms. The third kappa shape index (κ3) is 8.37. The van der Waals surface area contributed by atoms with Crippen molar-refractivity contribution in [3.05, 3.63) is 0 Å². The Kier molecular flexibility index (Phi) is 9.57. The van der Waals surface area contributed by atoms with Crippen LogP contribution in [0.3, 0.4) is 0 Å². The summed E-state index contributed by atoms with van der Waals surface area (Å²) in [5.74, 6) is 1.93. The van der Waals surface area contributed by atoms with Crippen molar-refractivity contribution < 1.29 is 9.84 Å². The van der Waals surface area contributed by atoms with E-state index in [0.29, 0.717) is 6.61 Å². The Bertz CT molecular complexity index is 78.6. The molecule has 0 aromatic carbocycles. The van der Waals surface area contributed by atoms with Crippen molar-refractivity contribution in [2.24, 2.45) is 0 Å². The van der Waals surface area contributed by atoms with E-state index in [-0.39, 0.29) is 6.10 Å². The van der Waals surface area contributed by atoms with Crippen LogP contribution in [0.5, 0.6) is 0 Å². The zero-order valence-electron chi connectivity index (χ0n) is 8.08. The first-order valence-electron chi connectivity index (χ1n) is 4.64. The van der Waals surface area contributed by atoms with Crippen LogP contribution in [-0.2, 0) is 4.74 Å². The smallest absolute Gasteiger partial charge is 0.0863 e. The highest BCUT2D eigenvalue weighted by Crippen LogP contribution is 2.04. The van der Waals surface area contributed by atoms with Gasteiger partial charge in [0.25, 0.3) is 0 Å². The fourth-order valence-electron chi connectivity index (χ4n) is 0.776. The maximum atomic E-state index is 9.36. The predicted molar refractivity (Wildman–Crippen MR) is 54.7 cm³/mol. The summed E-state index contributed by atoms with van der Waals surface area (Å²) in [4.78, 5) is 0. The molecule has 0 aliphatic heterocycles. The van der Waals surface area contributed by atoms with Gasteiger partial charge in [-0.25, -0.2) is 0 Å². The van der Waals surface area contributed by atoms with Crippen molar-refractivity contribution >= 4 is 11.8 Å². The normalized spacial score (nSPS) is 13.2. The molecule has 0 amide bonds. The Hall–Kier alpha value is 0.270. The lowest BCUT2D eigenvalue weighted by Gasteiger charge is -2.09. The van der Waals surface area contributed by atoms with E-state index < -0.39 is 0 Å². The van der Waals surface area contributed by atoms with Crippen LogP contribution in [0, 0.1) is 0 Å². The number of rotatable bonds is 8. The van der Waals surface area contributed by atoms with Crippen molar-refractivity contribution in [3.8, 4) is 0 Å². The summed E-state index contributed by atoms with van der Waals surface area (Å²) < 4.78 is 5.21. The molecule has 2 nitrogen and oxygen atoms in total. The number of hydrogen-bond donors (Lipinski definition) is 1. The van der Waals surface area contributed by atoms with Crippen molar-refractivity contribution in [3.63, 3.8) is 0 Å². The summed E-state index contributed by atoms with van der Waals surface area (Å²) in [6.07, 6.45) is 1.91. The molecule has 0 rings (SSSR count). The number of ether oxygens (including phenoxy) is 1. The van der Waals surface area contributed by atoms with E-state index in [1.807, 2.05) is 0 Å². The summed E-state index contributed by atoms with van der Waals surface area (Å²) in [5, 5.41) is 9.36. The highest BCUT2D eigenvalue weighted by atomic mass is 32.2. The van der Waals surface area contributed by atoms with E-state index in [9.17, 15) is 5.11 Å². The zero-order valence-corrected chi connectivity index (χ0v) is 8.90. The van der Waals surface area contributed by atoms with Gasteiger partial charge in [-0.2, -0.15) is 11.8 Å². The minimum atomic E-state index is -0.284. The highest BCUT2D eigenvalue weighted by Gasteiger charge is 2.02. The van der Waals surface area contributed by atoms with Crippen LogP contribution in [0.15, 0.2) is 0 Å². The first-order valence-corrected chi connectivity index (χ1v) is 5.80. The Morgan fingerprint density at radius 2 is 2.08 bits per heavy atom. The predicted octanol–water partition coefficient (Wildman–Crippen LogP) is 1.92. The van der Waals surface area contributed by atoms with Gasteiger partial charge in [0.1, 0.15) is 0 Å². The average molecular weight is 192 g/mol. The van der Waals surface area contributed by atoms with E-state index in [1.165, 1.54) is 6.42 Å². The minimum absolute atomic E-state index is 0.284. The van der Waals surface area contributed by atoms with Gasteiger partial charge in [0.15, 0.2) is 0 Å². The molecular formula is C9H20O2S. The first kappa shape index (κ1) is 12.3. The second kappa shape index (κ2) is 9.36. The van der Waals surface area contributed by atoms with E-state index in [0.717, 1.165) is 24.5 Å². The molecule has 1 atom stereocenters. The second-order valence-corrected chi connectivity index (χ2v) is 3.95. The molecule has 0 radical (unpaired) electrons. The Labute approximate surface area is 79.7 Å². The molecular weight excluding hydrogens is 172 g/mol. The number of thioether (sulfide) groups is 1. The summed E-state index contributed by atoms with van der Waals surface area (Å²) in [6, 6.07) is 0. The van der Waals surface area contributed by atoms with Gasteiger partial charge in [0, 0.05) is 12.4 Å². The van der Waals surface area contributed by atoms with E-state index >= 15 is 0 Å². The first-order chi connectivity index (χ1) is 5.81. The molecule has 0 aromatic rings.